The van der Waals surface area contributed by atoms with Crippen LogP contribution in [0.3, 0.4) is 0 Å². The van der Waals surface area contributed by atoms with E-state index in [9.17, 15) is 5.11 Å². The Hall–Kier alpha value is -1.06. The Labute approximate surface area is 123 Å². The molecule has 0 bridgehead atoms. The lowest BCUT2D eigenvalue weighted by molar-refractivity contribution is -0.691. The highest BCUT2D eigenvalue weighted by Gasteiger charge is 2.14. The third kappa shape index (κ3) is 5.93. The first-order valence-corrected chi connectivity index (χ1v) is 7.57. The normalized spacial score (nSPS) is 14.9. The summed E-state index contributed by atoms with van der Waals surface area (Å²) in [5.41, 5.74) is 1.44. The number of rotatable bonds is 7. The Balaban J connectivity index is 2.38. The van der Waals surface area contributed by atoms with Gasteiger partial charge in [0.15, 0.2) is 0 Å². The van der Waals surface area contributed by atoms with Gasteiger partial charge in [-0.25, -0.2) is 0 Å². The molecule has 0 heterocycles. The molecule has 114 valence electrons. The average Bonchev–Trinajstić information content (AvgIpc) is 2.41. The van der Waals surface area contributed by atoms with Gasteiger partial charge in [0.25, 0.3) is 0 Å². The zero-order chi connectivity index (χ0) is 15.2. The highest BCUT2D eigenvalue weighted by Crippen LogP contribution is 2.24. The van der Waals surface area contributed by atoms with E-state index in [1.165, 1.54) is 5.56 Å². The molecule has 0 fully saturated rings. The Morgan fingerprint density at radius 3 is 2.30 bits per heavy atom. The molecule has 0 saturated carbocycles. The number of hydrogen-bond donors (Lipinski definition) is 2. The first kappa shape index (κ1) is 17.0. The van der Waals surface area contributed by atoms with Crippen LogP contribution in [-0.2, 0) is 5.41 Å². The molecule has 0 unspecified atom stereocenters. The van der Waals surface area contributed by atoms with Crippen LogP contribution in [0.1, 0.15) is 46.6 Å². The van der Waals surface area contributed by atoms with E-state index in [1.807, 2.05) is 12.1 Å². The van der Waals surface area contributed by atoms with E-state index >= 15 is 0 Å². The van der Waals surface area contributed by atoms with Crippen LogP contribution < -0.4 is 10.1 Å². The van der Waals surface area contributed by atoms with Crippen LogP contribution in [0.25, 0.3) is 0 Å². The van der Waals surface area contributed by atoms with Crippen molar-refractivity contribution in [3.05, 3.63) is 29.8 Å². The minimum Gasteiger partial charge on any atom is -0.491 e. The first-order valence-electron chi connectivity index (χ1n) is 7.57. The molecular weight excluding hydrogens is 250 g/mol. The van der Waals surface area contributed by atoms with Crippen molar-refractivity contribution in [1.82, 2.24) is 0 Å². The summed E-state index contributed by atoms with van der Waals surface area (Å²) in [4.78, 5) is 0. The summed E-state index contributed by atoms with van der Waals surface area (Å²) in [6.45, 7) is 11.9. The summed E-state index contributed by atoms with van der Waals surface area (Å²) in [6, 6.07) is 8.69. The van der Waals surface area contributed by atoms with Crippen molar-refractivity contribution in [2.24, 2.45) is 0 Å². The minimum absolute atomic E-state index is 0.156. The van der Waals surface area contributed by atoms with Gasteiger partial charge >= 0.3 is 0 Å². The topological polar surface area (TPSA) is 46.1 Å². The fourth-order valence-electron chi connectivity index (χ4n) is 1.87. The quantitative estimate of drug-likeness (QED) is 0.803. The molecule has 1 aromatic carbocycles. The third-order valence-electron chi connectivity index (χ3n) is 3.62. The van der Waals surface area contributed by atoms with Crippen molar-refractivity contribution >= 4 is 0 Å². The molecular formula is C17H30NO2+. The molecule has 1 rings (SSSR count). The number of benzene rings is 1. The van der Waals surface area contributed by atoms with E-state index in [-0.39, 0.29) is 5.41 Å². The second kappa shape index (κ2) is 7.65. The molecule has 3 nitrogen and oxygen atoms in total. The largest absolute Gasteiger partial charge is 0.491 e. The molecule has 0 spiro atoms. The van der Waals surface area contributed by atoms with E-state index in [4.69, 9.17) is 4.74 Å². The molecule has 1 aromatic rings. The fourth-order valence-corrected chi connectivity index (χ4v) is 1.87. The third-order valence-corrected chi connectivity index (χ3v) is 3.62. The van der Waals surface area contributed by atoms with E-state index in [2.05, 4.69) is 52.1 Å². The molecule has 20 heavy (non-hydrogen) atoms. The summed E-state index contributed by atoms with van der Waals surface area (Å²) < 4.78 is 5.63. The number of aliphatic hydroxyl groups is 1. The van der Waals surface area contributed by atoms with Crippen LogP contribution in [0.2, 0.25) is 0 Å². The zero-order valence-corrected chi connectivity index (χ0v) is 13.5. The lowest BCUT2D eigenvalue weighted by Crippen LogP contribution is -2.91. The number of nitrogens with two attached hydrogens (primary N) is 1. The molecule has 0 aromatic heterocycles. The predicted molar refractivity (Wildman–Crippen MR) is 83.2 cm³/mol. The maximum atomic E-state index is 9.88. The van der Waals surface area contributed by atoms with E-state index in [0.29, 0.717) is 19.2 Å². The second-order valence-corrected chi connectivity index (χ2v) is 6.60. The molecule has 3 heteroatoms. The summed E-state index contributed by atoms with van der Waals surface area (Å²) in [6.07, 6.45) is 0.688. The number of hydrogen-bond acceptors (Lipinski definition) is 2. The monoisotopic (exact) mass is 280 g/mol. The van der Waals surface area contributed by atoms with Gasteiger partial charge in [-0.1, -0.05) is 39.8 Å². The highest BCUT2D eigenvalue weighted by molar-refractivity contribution is 5.31. The van der Waals surface area contributed by atoms with Crippen molar-refractivity contribution in [2.75, 3.05) is 13.2 Å². The summed E-state index contributed by atoms with van der Waals surface area (Å²) >= 11 is 0. The fraction of sp³-hybridized carbons (Fsp3) is 0.647. The minimum atomic E-state index is -0.425. The van der Waals surface area contributed by atoms with Crippen molar-refractivity contribution in [1.29, 1.82) is 0 Å². The van der Waals surface area contributed by atoms with Gasteiger partial charge in [-0.2, -0.15) is 0 Å². The second-order valence-electron chi connectivity index (χ2n) is 6.60. The van der Waals surface area contributed by atoms with Gasteiger partial charge in [0.1, 0.15) is 25.0 Å². The van der Waals surface area contributed by atoms with Gasteiger partial charge in [-0.15, -0.1) is 0 Å². The standard InChI is InChI=1S/C17H29NO2/c1-6-13(2)18-11-15(19)12-20-16-9-7-14(8-10-16)17(3,4)5/h7-10,13,15,18-19H,6,11-12H2,1-5H3/p+1/t13-,15+/m0/s1. The first-order chi connectivity index (χ1) is 9.32. The van der Waals surface area contributed by atoms with Crippen molar-refractivity contribution in [3.63, 3.8) is 0 Å². The molecule has 0 radical (unpaired) electrons. The molecule has 0 aliphatic rings. The molecule has 0 amide bonds. The lowest BCUT2D eigenvalue weighted by atomic mass is 9.87. The van der Waals surface area contributed by atoms with Gasteiger partial charge in [-0.3, -0.25) is 0 Å². The van der Waals surface area contributed by atoms with Crippen molar-refractivity contribution in [2.45, 2.75) is 58.6 Å². The van der Waals surface area contributed by atoms with E-state index in [1.54, 1.807) is 0 Å². The number of quaternary nitrogens is 1. The predicted octanol–water partition coefficient (Wildman–Crippen LogP) is 2.09. The number of ether oxygens (including phenoxy) is 1. The van der Waals surface area contributed by atoms with Gasteiger partial charge in [-0.05, 0) is 36.5 Å². The van der Waals surface area contributed by atoms with Crippen LogP contribution in [0.4, 0.5) is 0 Å². The van der Waals surface area contributed by atoms with Crippen LogP contribution >= 0.6 is 0 Å². The molecule has 2 atom stereocenters. The van der Waals surface area contributed by atoms with Crippen LogP contribution in [-0.4, -0.2) is 30.4 Å². The van der Waals surface area contributed by atoms with Crippen molar-refractivity contribution < 1.29 is 15.2 Å². The highest BCUT2D eigenvalue weighted by atomic mass is 16.5. The Morgan fingerprint density at radius 2 is 1.80 bits per heavy atom. The molecule has 3 N–H and O–H groups in total. The van der Waals surface area contributed by atoms with Gasteiger partial charge in [0, 0.05) is 0 Å². The Morgan fingerprint density at radius 1 is 1.20 bits per heavy atom. The Bertz CT molecular complexity index is 381. The lowest BCUT2D eigenvalue weighted by Gasteiger charge is -2.19. The smallest absolute Gasteiger partial charge is 0.137 e. The Kier molecular flexibility index (Phi) is 6.50. The maximum absolute atomic E-state index is 9.88. The van der Waals surface area contributed by atoms with Crippen LogP contribution in [0, 0.1) is 0 Å². The summed E-state index contributed by atoms with van der Waals surface area (Å²) in [5.74, 6) is 0.820. The van der Waals surface area contributed by atoms with Crippen LogP contribution in [0.5, 0.6) is 5.75 Å². The zero-order valence-electron chi connectivity index (χ0n) is 13.5. The van der Waals surface area contributed by atoms with Gasteiger partial charge < -0.3 is 15.2 Å². The van der Waals surface area contributed by atoms with Gasteiger partial charge in [0.2, 0.25) is 0 Å². The van der Waals surface area contributed by atoms with Crippen molar-refractivity contribution in [3.8, 4) is 5.75 Å². The molecule has 0 saturated heterocycles. The molecule has 0 aliphatic carbocycles. The SMILES string of the molecule is CC[C@H](C)[NH2+]C[C@@H](O)COc1ccc(C(C)(C)C)cc1. The summed E-state index contributed by atoms with van der Waals surface area (Å²) in [5, 5.41) is 12.0. The average molecular weight is 280 g/mol. The van der Waals surface area contributed by atoms with Gasteiger partial charge in [0.05, 0.1) is 6.04 Å². The summed E-state index contributed by atoms with van der Waals surface area (Å²) in [7, 11) is 0. The maximum Gasteiger partial charge on any atom is 0.137 e. The van der Waals surface area contributed by atoms with Crippen LogP contribution in [0.15, 0.2) is 24.3 Å². The molecule has 0 aliphatic heterocycles. The number of aliphatic hydroxyl groups excluding tert-OH is 1. The van der Waals surface area contributed by atoms with E-state index < -0.39 is 6.10 Å². The van der Waals surface area contributed by atoms with E-state index in [0.717, 1.165) is 12.2 Å².